The number of carbonyl (C=O) groups excluding carboxylic acids is 3. The molecule has 1 aromatic rings. The summed E-state index contributed by atoms with van der Waals surface area (Å²) in [5.74, 6) is -0.952. The Kier molecular flexibility index (Phi) is 7.90. The zero-order valence-corrected chi connectivity index (χ0v) is 13.7. The van der Waals surface area contributed by atoms with E-state index in [1.54, 1.807) is 32.0 Å². The molecule has 0 saturated carbocycles. The smallest absolute Gasteiger partial charge is 0.306 e. The van der Waals surface area contributed by atoms with E-state index < -0.39 is 17.8 Å². The number of ether oxygens (including phenoxy) is 2. The van der Waals surface area contributed by atoms with E-state index in [9.17, 15) is 14.4 Å². The number of hydrazine groups is 1. The molecule has 2 amide bonds. The quantitative estimate of drug-likeness (QED) is 0.579. The van der Waals surface area contributed by atoms with Crippen molar-refractivity contribution in [1.82, 2.24) is 10.9 Å². The van der Waals surface area contributed by atoms with Gasteiger partial charge < -0.3 is 9.47 Å². The molecule has 0 bridgehead atoms. The Labute approximate surface area is 139 Å². The first-order valence-corrected chi connectivity index (χ1v) is 7.42. The number of halogens is 1. The van der Waals surface area contributed by atoms with Gasteiger partial charge in [-0.1, -0.05) is 11.6 Å². The van der Waals surface area contributed by atoms with E-state index in [0.29, 0.717) is 10.8 Å². The molecular weight excluding hydrogens is 324 g/mol. The molecule has 0 heterocycles. The van der Waals surface area contributed by atoms with Gasteiger partial charge in [0.25, 0.3) is 5.91 Å². The van der Waals surface area contributed by atoms with Crippen molar-refractivity contribution in [2.24, 2.45) is 0 Å². The van der Waals surface area contributed by atoms with Crippen molar-refractivity contribution in [2.45, 2.75) is 26.7 Å². The van der Waals surface area contributed by atoms with Gasteiger partial charge in [-0.15, -0.1) is 0 Å². The number of aryl methyl sites for hydroxylation is 1. The number of esters is 1. The third-order valence-corrected chi connectivity index (χ3v) is 2.93. The van der Waals surface area contributed by atoms with Crippen LogP contribution in [0.1, 0.15) is 25.3 Å². The lowest BCUT2D eigenvalue weighted by Gasteiger charge is -2.10. The largest absolute Gasteiger partial charge is 0.483 e. The van der Waals surface area contributed by atoms with Crippen LogP contribution in [-0.2, 0) is 19.1 Å². The van der Waals surface area contributed by atoms with E-state index in [2.05, 4.69) is 15.6 Å². The van der Waals surface area contributed by atoms with E-state index in [1.165, 1.54) is 0 Å². The summed E-state index contributed by atoms with van der Waals surface area (Å²) in [4.78, 5) is 34.1. The number of benzene rings is 1. The molecule has 0 spiro atoms. The predicted octanol–water partition coefficient (Wildman–Crippen LogP) is 1.52. The Morgan fingerprint density at radius 2 is 1.83 bits per heavy atom. The second kappa shape index (κ2) is 9.68. The van der Waals surface area contributed by atoms with E-state index in [4.69, 9.17) is 16.3 Å². The zero-order chi connectivity index (χ0) is 17.2. The highest BCUT2D eigenvalue weighted by atomic mass is 35.5. The summed E-state index contributed by atoms with van der Waals surface area (Å²) in [6.45, 7) is 3.48. The number of nitrogens with one attached hydrogen (secondary N) is 2. The Balaban J connectivity index is 2.26. The van der Waals surface area contributed by atoms with Gasteiger partial charge in [0, 0.05) is 11.4 Å². The minimum Gasteiger partial charge on any atom is -0.483 e. The van der Waals surface area contributed by atoms with Crippen LogP contribution in [0.4, 0.5) is 0 Å². The minimum absolute atomic E-state index is 0.0456. The molecule has 0 unspecified atom stereocenters. The summed E-state index contributed by atoms with van der Waals surface area (Å²) in [7, 11) is 0. The summed E-state index contributed by atoms with van der Waals surface area (Å²) < 4.78 is 10.0. The summed E-state index contributed by atoms with van der Waals surface area (Å²) in [6, 6.07) is 5.02. The summed E-state index contributed by atoms with van der Waals surface area (Å²) in [5.41, 5.74) is 5.19. The lowest BCUT2D eigenvalue weighted by molar-refractivity contribution is -0.144. The van der Waals surface area contributed by atoms with Gasteiger partial charge in [0.2, 0.25) is 5.91 Å². The Bertz CT molecular complexity index is 577. The first-order valence-electron chi connectivity index (χ1n) is 7.04. The molecule has 23 heavy (non-hydrogen) atoms. The molecule has 0 aliphatic rings. The van der Waals surface area contributed by atoms with Crippen LogP contribution in [-0.4, -0.2) is 31.0 Å². The molecule has 0 aromatic heterocycles. The average Bonchev–Trinajstić information content (AvgIpc) is 2.50. The minimum atomic E-state index is -0.524. The highest BCUT2D eigenvalue weighted by Gasteiger charge is 2.09. The van der Waals surface area contributed by atoms with Gasteiger partial charge in [-0.3, -0.25) is 25.2 Å². The van der Waals surface area contributed by atoms with Crippen molar-refractivity contribution in [3.8, 4) is 5.75 Å². The number of carbonyl (C=O) groups is 3. The van der Waals surface area contributed by atoms with Crippen LogP contribution < -0.4 is 15.6 Å². The van der Waals surface area contributed by atoms with E-state index in [-0.39, 0.29) is 26.1 Å². The topological polar surface area (TPSA) is 93.7 Å². The SMILES string of the molecule is CCOC(=O)CCC(=O)NNC(=O)COc1ccc(Cl)cc1C. The first-order chi connectivity index (χ1) is 10.9. The second-order valence-electron chi connectivity index (χ2n) is 4.60. The first kappa shape index (κ1) is 18.8. The van der Waals surface area contributed by atoms with Crippen molar-refractivity contribution in [3.63, 3.8) is 0 Å². The van der Waals surface area contributed by atoms with Crippen LogP contribution >= 0.6 is 11.6 Å². The molecule has 2 N–H and O–H groups in total. The molecule has 8 heteroatoms. The van der Waals surface area contributed by atoms with Crippen molar-refractivity contribution in [3.05, 3.63) is 28.8 Å². The highest BCUT2D eigenvalue weighted by Crippen LogP contribution is 2.21. The van der Waals surface area contributed by atoms with Crippen molar-refractivity contribution in [2.75, 3.05) is 13.2 Å². The number of hydrogen-bond donors (Lipinski definition) is 2. The number of hydrogen-bond acceptors (Lipinski definition) is 5. The molecule has 0 aliphatic carbocycles. The molecule has 0 radical (unpaired) electrons. The molecule has 1 rings (SSSR count). The fourth-order valence-electron chi connectivity index (χ4n) is 1.60. The van der Waals surface area contributed by atoms with Crippen LogP contribution in [0.3, 0.4) is 0 Å². The Morgan fingerprint density at radius 3 is 2.48 bits per heavy atom. The van der Waals surface area contributed by atoms with Gasteiger partial charge in [0.15, 0.2) is 6.61 Å². The van der Waals surface area contributed by atoms with Crippen molar-refractivity contribution in [1.29, 1.82) is 0 Å². The third kappa shape index (κ3) is 7.51. The van der Waals surface area contributed by atoms with Crippen molar-refractivity contribution < 1.29 is 23.9 Å². The standard InChI is InChI=1S/C15H19ClN2O5/c1-3-22-15(21)7-6-13(19)17-18-14(20)9-23-12-5-4-11(16)8-10(12)2/h4-5,8H,3,6-7,9H2,1-2H3,(H,17,19)(H,18,20). The maximum absolute atomic E-state index is 11.6. The molecule has 0 fully saturated rings. The molecule has 1 aromatic carbocycles. The summed E-state index contributed by atoms with van der Waals surface area (Å²) >= 11 is 5.82. The maximum atomic E-state index is 11.6. The van der Waals surface area contributed by atoms with Crippen LogP contribution in [0.25, 0.3) is 0 Å². The summed E-state index contributed by atoms with van der Waals surface area (Å²) in [6.07, 6.45) is -0.119. The van der Waals surface area contributed by atoms with Gasteiger partial charge in [0.1, 0.15) is 5.75 Å². The molecule has 0 saturated heterocycles. The normalized spacial score (nSPS) is 9.87. The van der Waals surface area contributed by atoms with E-state index >= 15 is 0 Å². The fourth-order valence-corrected chi connectivity index (χ4v) is 1.83. The Morgan fingerprint density at radius 1 is 1.13 bits per heavy atom. The number of rotatable bonds is 7. The highest BCUT2D eigenvalue weighted by molar-refractivity contribution is 6.30. The van der Waals surface area contributed by atoms with E-state index in [0.717, 1.165) is 5.56 Å². The molecule has 0 atom stereocenters. The summed E-state index contributed by atoms with van der Waals surface area (Å²) in [5, 5.41) is 0.577. The maximum Gasteiger partial charge on any atom is 0.306 e. The monoisotopic (exact) mass is 342 g/mol. The lowest BCUT2D eigenvalue weighted by atomic mass is 10.2. The van der Waals surface area contributed by atoms with Gasteiger partial charge in [0.05, 0.1) is 13.0 Å². The zero-order valence-electron chi connectivity index (χ0n) is 13.0. The van der Waals surface area contributed by atoms with Crippen LogP contribution in [0.2, 0.25) is 5.02 Å². The van der Waals surface area contributed by atoms with Gasteiger partial charge in [-0.25, -0.2) is 0 Å². The second-order valence-corrected chi connectivity index (χ2v) is 5.04. The molecule has 7 nitrogen and oxygen atoms in total. The Hall–Kier alpha value is -2.28. The average molecular weight is 343 g/mol. The van der Waals surface area contributed by atoms with Crippen molar-refractivity contribution >= 4 is 29.4 Å². The predicted molar refractivity (Wildman–Crippen MR) is 83.8 cm³/mol. The van der Waals surface area contributed by atoms with E-state index in [1.807, 2.05) is 0 Å². The van der Waals surface area contributed by atoms with Crippen LogP contribution in [0.5, 0.6) is 5.75 Å². The van der Waals surface area contributed by atoms with Gasteiger partial charge in [-0.2, -0.15) is 0 Å². The van der Waals surface area contributed by atoms with Crippen LogP contribution in [0, 0.1) is 6.92 Å². The molecule has 0 aliphatic heterocycles. The molecule has 126 valence electrons. The van der Waals surface area contributed by atoms with Gasteiger partial charge >= 0.3 is 5.97 Å². The molecular formula is C15H19ClN2O5. The number of amides is 2. The fraction of sp³-hybridized carbons (Fsp3) is 0.400. The van der Waals surface area contributed by atoms with Gasteiger partial charge in [-0.05, 0) is 37.6 Å². The van der Waals surface area contributed by atoms with Crippen LogP contribution in [0.15, 0.2) is 18.2 Å². The lowest BCUT2D eigenvalue weighted by Crippen LogP contribution is -2.43. The third-order valence-electron chi connectivity index (χ3n) is 2.70.